The number of nitrogens with two attached hydrogens (primary N) is 2. The second kappa shape index (κ2) is 6.70. The quantitative estimate of drug-likeness (QED) is 0.754. The molecule has 6 nitrogen and oxygen atoms in total. The predicted molar refractivity (Wildman–Crippen MR) is 99.8 cm³/mol. The van der Waals surface area contributed by atoms with Gasteiger partial charge in [0.2, 0.25) is 9.84 Å². The van der Waals surface area contributed by atoms with Crippen LogP contribution in [0.1, 0.15) is 43.8 Å². The fourth-order valence-electron chi connectivity index (χ4n) is 3.35. The maximum Gasteiger partial charge on any atom is 0.213 e. The van der Waals surface area contributed by atoms with Gasteiger partial charge < -0.3 is 11.5 Å². The van der Waals surface area contributed by atoms with Gasteiger partial charge in [0, 0.05) is 0 Å². The highest BCUT2D eigenvalue weighted by Gasteiger charge is 2.32. The largest absolute Gasteiger partial charge is 0.397 e. The number of anilines is 2. The Labute approximate surface area is 157 Å². The molecule has 0 aliphatic heterocycles. The van der Waals surface area contributed by atoms with Crippen molar-refractivity contribution < 1.29 is 8.42 Å². The Kier molecular flexibility index (Phi) is 4.92. The molecule has 1 heterocycles. The van der Waals surface area contributed by atoms with E-state index in [1.54, 1.807) is 11.6 Å². The van der Waals surface area contributed by atoms with Crippen LogP contribution >= 0.6 is 23.2 Å². The normalized spacial score (nSPS) is 16.3. The molecule has 1 aliphatic rings. The summed E-state index contributed by atoms with van der Waals surface area (Å²) in [6.07, 6.45) is 5.24. The van der Waals surface area contributed by atoms with Crippen molar-refractivity contribution in [2.75, 3.05) is 11.5 Å². The van der Waals surface area contributed by atoms with Crippen molar-refractivity contribution in [3.8, 4) is 0 Å². The van der Waals surface area contributed by atoms with Gasteiger partial charge in [0.1, 0.15) is 10.7 Å². The van der Waals surface area contributed by atoms with Crippen LogP contribution in [0, 0.1) is 6.92 Å². The van der Waals surface area contributed by atoms with E-state index in [9.17, 15) is 8.42 Å². The summed E-state index contributed by atoms with van der Waals surface area (Å²) in [6, 6.07) is 2.71. The van der Waals surface area contributed by atoms with Crippen LogP contribution in [0.5, 0.6) is 0 Å². The third-order valence-electron chi connectivity index (χ3n) is 4.60. The van der Waals surface area contributed by atoms with E-state index >= 15 is 0 Å². The lowest BCUT2D eigenvalue weighted by molar-refractivity contribution is 0.332. The molecule has 1 fully saturated rings. The minimum atomic E-state index is -3.97. The second-order valence-electron chi connectivity index (χ2n) is 6.34. The summed E-state index contributed by atoms with van der Waals surface area (Å²) in [6.45, 7) is 1.63. The smallest absolute Gasteiger partial charge is 0.213 e. The van der Waals surface area contributed by atoms with Crippen LogP contribution in [0.15, 0.2) is 21.9 Å². The van der Waals surface area contributed by atoms with Gasteiger partial charge in [-0.15, -0.1) is 0 Å². The van der Waals surface area contributed by atoms with Crippen LogP contribution in [0.3, 0.4) is 0 Å². The zero-order chi connectivity index (χ0) is 18.4. The predicted octanol–water partition coefficient (Wildman–Crippen LogP) is 4.00. The first-order chi connectivity index (χ1) is 11.7. The molecule has 1 aromatic heterocycles. The van der Waals surface area contributed by atoms with Crippen molar-refractivity contribution >= 4 is 44.5 Å². The highest BCUT2D eigenvalue weighted by atomic mass is 35.5. The van der Waals surface area contributed by atoms with Crippen molar-refractivity contribution in [3.63, 3.8) is 0 Å². The zero-order valence-electron chi connectivity index (χ0n) is 13.8. The third kappa shape index (κ3) is 3.20. The van der Waals surface area contributed by atoms with Crippen LogP contribution in [-0.2, 0) is 9.84 Å². The minimum Gasteiger partial charge on any atom is -0.397 e. The number of hydrogen-bond acceptors (Lipinski definition) is 5. The number of halogens is 2. The van der Waals surface area contributed by atoms with Crippen LogP contribution in [-0.4, -0.2) is 18.2 Å². The van der Waals surface area contributed by atoms with Crippen LogP contribution < -0.4 is 11.5 Å². The Hall–Kier alpha value is -1.44. The van der Waals surface area contributed by atoms with Crippen molar-refractivity contribution in [2.24, 2.45) is 0 Å². The molecule has 0 radical (unpaired) electrons. The summed E-state index contributed by atoms with van der Waals surface area (Å²) in [7, 11) is -3.97. The monoisotopic (exact) mass is 402 g/mol. The van der Waals surface area contributed by atoms with Gasteiger partial charge in [0.05, 0.1) is 32.4 Å². The number of nitrogen functional groups attached to an aromatic ring is 2. The van der Waals surface area contributed by atoms with E-state index in [0.717, 1.165) is 25.7 Å². The average molecular weight is 403 g/mol. The lowest BCUT2D eigenvalue weighted by atomic mass is 9.96. The first-order valence-corrected chi connectivity index (χ1v) is 10.3. The van der Waals surface area contributed by atoms with Gasteiger partial charge in [-0.1, -0.05) is 42.5 Å². The molecule has 0 bridgehead atoms. The molecule has 1 saturated carbocycles. The standard InChI is InChI=1S/C16H20Cl2N4O2S/c1-9-15(16(20)22(21-9)10-5-3-2-4-6-10)25(23,24)14-8-11(17)13(19)7-12(14)18/h7-8,10H,2-6,19-20H2,1H3. The third-order valence-corrected chi connectivity index (χ3v) is 7.31. The summed E-state index contributed by atoms with van der Waals surface area (Å²) in [5.74, 6) is 0.147. The molecule has 25 heavy (non-hydrogen) atoms. The second-order valence-corrected chi connectivity index (χ2v) is 9.01. The van der Waals surface area contributed by atoms with Crippen molar-refractivity contribution in [1.29, 1.82) is 0 Å². The molecule has 136 valence electrons. The van der Waals surface area contributed by atoms with Crippen molar-refractivity contribution in [2.45, 2.75) is 54.9 Å². The fourth-order valence-corrected chi connectivity index (χ4v) is 5.66. The molecule has 0 amide bonds. The Bertz CT molecular complexity index is 919. The Morgan fingerprint density at radius 3 is 2.40 bits per heavy atom. The molecule has 0 unspecified atom stereocenters. The number of rotatable bonds is 3. The van der Waals surface area contributed by atoms with Gasteiger partial charge in [0.15, 0.2) is 0 Å². The maximum atomic E-state index is 13.1. The van der Waals surface area contributed by atoms with E-state index in [4.69, 9.17) is 34.7 Å². The number of aromatic nitrogens is 2. The average Bonchev–Trinajstić information content (AvgIpc) is 2.86. The molecule has 9 heteroatoms. The maximum absolute atomic E-state index is 13.1. The Morgan fingerprint density at radius 2 is 1.76 bits per heavy atom. The van der Waals surface area contributed by atoms with Crippen molar-refractivity contribution in [1.82, 2.24) is 9.78 Å². The Balaban J connectivity index is 2.12. The summed E-state index contributed by atoms with van der Waals surface area (Å²) < 4.78 is 27.9. The molecule has 1 aromatic carbocycles. The SMILES string of the molecule is Cc1nn(C2CCCCC2)c(N)c1S(=O)(=O)c1cc(Cl)c(N)cc1Cl. The first-order valence-electron chi connectivity index (χ1n) is 8.07. The number of aryl methyl sites for hydroxylation is 1. The molecule has 0 spiro atoms. The van der Waals surface area contributed by atoms with E-state index < -0.39 is 9.84 Å². The highest BCUT2D eigenvalue weighted by molar-refractivity contribution is 7.91. The fraction of sp³-hybridized carbons (Fsp3) is 0.438. The van der Waals surface area contributed by atoms with Gasteiger partial charge in [-0.2, -0.15) is 5.10 Å². The van der Waals surface area contributed by atoms with Gasteiger partial charge in [-0.25, -0.2) is 13.1 Å². The number of benzene rings is 1. The Morgan fingerprint density at radius 1 is 1.12 bits per heavy atom. The van der Waals surface area contributed by atoms with Crippen LogP contribution in [0.4, 0.5) is 11.5 Å². The van der Waals surface area contributed by atoms with Gasteiger partial charge in [0.25, 0.3) is 0 Å². The number of sulfone groups is 1. The first kappa shape index (κ1) is 18.4. The van der Waals surface area contributed by atoms with Crippen LogP contribution in [0.2, 0.25) is 10.0 Å². The topological polar surface area (TPSA) is 104 Å². The lowest BCUT2D eigenvalue weighted by Crippen LogP contribution is -2.17. The summed E-state index contributed by atoms with van der Waals surface area (Å²) in [5, 5.41) is 4.54. The van der Waals surface area contributed by atoms with E-state index in [-0.39, 0.29) is 37.4 Å². The molecule has 4 N–H and O–H groups in total. The minimum absolute atomic E-state index is 0.00566. The highest BCUT2D eigenvalue weighted by Crippen LogP contribution is 2.38. The number of hydrogen-bond donors (Lipinski definition) is 2. The molecular weight excluding hydrogens is 383 g/mol. The van der Waals surface area contributed by atoms with E-state index in [0.29, 0.717) is 5.69 Å². The molecule has 0 atom stereocenters. The number of nitrogens with zero attached hydrogens (tertiary/aromatic N) is 2. The van der Waals surface area contributed by atoms with E-state index in [1.807, 2.05) is 0 Å². The summed E-state index contributed by atoms with van der Waals surface area (Å²) in [5.41, 5.74) is 12.4. The lowest BCUT2D eigenvalue weighted by Gasteiger charge is -2.23. The van der Waals surface area contributed by atoms with E-state index in [2.05, 4.69) is 5.10 Å². The molecule has 0 saturated heterocycles. The van der Waals surface area contributed by atoms with E-state index in [1.165, 1.54) is 18.6 Å². The van der Waals surface area contributed by atoms with Gasteiger partial charge >= 0.3 is 0 Å². The van der Waals surface area contributed by atoms with Gasteiger partial charge in [-0.05, 0) is 31.9 Å². The summed E-state index contributed by atoms with van der Waals surface area (Å²) >= 11 is 12.1. The summed E-state index contributed by atoms with van der Waals surface area (Å²) in [4.78, 5) is -0.132. The zero-order valence-corrected chi connectivity index (χ0v) is 16.1. The van der Waals surface area contributed by atoms with Crippen LogP contribution in [0.25, 0.3) is 0 Å². The molecular formula is C16H20Cl2N4O2S. The van der Waals surface area contributed by atoms with Gasteiger partial charge in [-0.3, -0.25) is 0 Å². The molecule has 1 aliphatic carbocycles. The van der Waals surface area contributed by atoms with Crippen molar-refractivity contribution in [3.05, 3.63) is 27.9 Å². The molecule has 3 rings (SSSR count). The molecule has 2 aromatic rings.